The lowest BCUT2D eigenvalue weighted by Crippen LogP contribution is -2.27. The van der Waals surface area contributed by atoms with Gasteiger partial charge in [-0.15, -0.1) is 11.3 Å². The smallest absolute Gasteiger partial charge is 0.252 e. The lowest BCUT2D eigenvalue weighted by atomic mass is 10.2. The molecule has 160 valence electrons. The van der Waals surface area contributed by atoms with Crippen LogP contribution >= 0.6 is 11.3 Å². The summed E-state index contributed by atoms with van der Waals surface area (Å²) in [4.78, 5) is 25.2. The summed E-state index contributed by atoms with van der Waals surface area (Å²) in [6, 6.07) is 10.1. The third-order valence-corrected chi connectivity index (χ3v) is 9.03. The number of sulfonamides is 1. The Balaban J connectivity index is 1.31. The Morgan fingerprint density at radius 1 is 1.10 bits per heavy atom. The molecule has 2 atom stereocenters. The molecule has 2 fully saturated rings. The number of amides is 2. The molecule has 30 heavy (non-hydrogen) atoms. The molecule has 1 aliphatic heterocycles. The molecule has 2 aromatic rings. The number of nitrogens with zero attached hydrogens (tertiary/aromatic N) is 1. The molecule has 4 rings (SSSR count). The van der Waals surface area contributed by atoms with Gasteiger partial charge in [-0.2, -0.15) is 4.31 Å². The summed E-state index contributed by atoms with van der Waals surface area (Å²) in [5, 5.41) is 5.69. The molecule has 0 radical (unpaired) electrons. The second-order valence-corrected chi connectivity index (χ2v) is 11.2. The monoisotopic (exact) mass is 447 g/mol. The van der Waals surface area contributed by atoms with Crippen LogP contribution in [0.2, 0.25) is 0 Å². The van der Waals surface area contributed by atoms with E-state index in [0.717, 1.165) is 24.1 Å². The van der Waals surface area contributed by atoms with Crippen LogP contribution in [0, 0.1) is 11.8 Å². The van der Waals surface area contributed by atoms with Crippen molar-refractivity contribution in [3.8, 4) is 0 Å². The minimum atomic E-state index is -3.42. The van der Waals surface area contributed by atoms with Crippen LogP contribution < -0.4 is 10.6 Å². The molecule has 1 aromatic heterocycles. The quantitative estimate of drug-likeness (QED) is 0.682. The Hall–Kier alpha value is -2.23. The Bertz CT molecular complexity index is 1040. The number of benzene rings is 1. The lowest BCUT2D eigenvalue weighted by molar-refractivity contribution is -0.117. The molecule has 2 N–H and O–H groups in total. The van der Waals surface area contributed by atoms with Gasteiger partial charge in [0.25, 0.3) is 15.9 Å². The van der Waals surface area contributed by atoms with E-state index in [4.69, 9.17) is 0 Å². The highest BCUT2D eigenvalue weighted by atomic mass is 32.2. The zero-order valence-corrected chi connectivity index (χ0v) is 18.4. The summed E-state index contributed by atoms with van der Waals surface area (Å²) in [6.45, 7) is 3.46. The number of carbonyl (C=O) groups excluding carboxylic acids is 2. The molecule has 2 aliphatic rings. The van der Waals surface area contributed by atoms with Gasteiger partial charge in [-0.25, -0.2) is 8.42 Å². The highest BCUT2D eigenvalue weighted by Crippen LogP contribution is 2.38. The Morgan fingerprint density at radius 3 is 2.40 bits per heavy atom. The van der Waals surface area contributed by atoms with E-state index < -0.39 is 10.0 Å². The Morgan fingerprint density at radius 2 is 1.77 bits per heavy atom. The normalized spacial score (nSPS) is 21.4. The minimum Gasteiger partial charge on any atom is -0.347 e. The van der Waals surface area contributed by atoms with Crippen molar-refractivity contribution in [3.63, 3.8) is 0 Å². The highest BCUT2D eigenvalue weighted by molar-refractivity contribution is 7.91. The number of thiophene rings is 1. The molecule has 1 saturated carbocycles. The van der Waals surface area contributed by atoms with Crippen molar-refractivity contribution in [2.24, 2.45) is 11.8 Å². The number of anilines is 1. The van der Waals surface area contributed by atoms with Crippen molar-refractivity contribution in [1.29, 1.82) is 0 Å². The third kappa shape index (κ3) is 4.58. The summed E-state index contributed by atoms with van der Waals surface area (Å²) in [5.41, 5.74) is 1.15. The summed E-state index contributed by atoms with van der Waals surface area (Å²) >= 11 is 1.19. The standard InChI is InChI=1S/C21H25N3O4S2/c1-14-12-18(14)21(26)23-16-6-4-15(5-7-16)20(25)22-13-17-8-9-19(29-17)30(27,28)24-10-2-3-11-24/h4-9,14,18H,2-3,10-13H2,1H3,(H,22,25)(H,23,26). The Kier molecular flexibility index (Phi) is 5.95. The second-order valence-electron chi connectivity index (χ2n) is 7.90. The van der Waals surface area contributed by atoms with Gasteiger partial charge in [-0.1, -0.05) is 6.92 Å². The zero-order chi connectivity index (χ0) is 21.3. The van der Waals surface area contributed by atoms with Crippen LogP contribution in [-0.4, -0.2) is 37.6 Å². The van der Waals surface area contributed by atoms with E-state index in [1.165, 1.54) is 15.6 Å². The number of hydrogen-bond donors (Lipinski definition) is 2. The van der Waals surface area contributed by atoms with Gasteiger partial charge in [0.2, 0.25) is 5.91 Å². The predicted molar refractivity (Wildman–Crippen MR) is 116 cm³/mol. The highest BCUT2D eigenvalue weighted by Gasteiger charge is 2.39. The van der Waals surface area contributed by atoms with Gasteiger partial charge in [-0.05, 0) is 61.6 Å². The first kappa shape index (κ1) is 21.0. The van der Waals surface area contributed by atoms with Crippen LogP contribution in [0.4, 0.5) is 5.69 Å². The topological polar surface area (TPSA) is 95.6 Å². The fourth-order valence-corrected chi connectivity index (χ4v) is 6.51. The van der Waals surface area contributed by atoms with Crippen LogP contribution in [-0.2, 0) is 21.4 Å². The van der Waals surface area contributed by atoms with Crippen molar-refractivity contribution in [2.75, 3.05) is 18.4 Å². The SMILES string of the molecule is CC1CC1C(=O)Nc1ccc(C(=O)NCc2ccc(S(=O)(=O)N3CCCC3)s2)cc1. The van der Waals surface area contributed by atoms with E-state index in [2.05, 4.69) is 17.6 Å². The molecule has 7 nitrogen and oxygen atoms in total. The van der Waals surface area contributed by atoms with Gasteiger partial charge >= 0.3 is 0 Å². The van der Waals surface area contributed by atoms with Gasteiger partial charge in [-0.3, -0.25) is 9.59 Å². The van der Waals surface area contributed by atoms with Gasteiger partial charge in [0.05, 0.1) is 6.54 Å². The third-order valence-electron chi connectivity index (χ3n) is 5.58. The molecule has 2 unspecified atom stereocenters. The average molecular weight is 448 g/mol. The van der Waals surface area contributed by atoms with Crippen LogP contribution in [0.1, 0.15) is 41.4 Å². The van der Waals surface area contributed by atoms with Crippen molar-refractivity contribution in [1.82, 2.24) is 9.62 Å². The molecule has 0 bridgehead atoms. The fourth-order valence-electron chi connectivity index (χ4n) is 3.54. The van der Waals surface area contributed by atoms with Crippen molar-refractivity contribution >= 4 is 38.9 Å². The maximum absolute atomic E-state index is 12.6. The maximum Gasteiger partial charge on any atom is 0.252 e. The van der Waals surface area contributed by atoms with E-state index in [0.29, 0.717) is 34.5 Å². The lowest BCUT2D eigenvalue weighted by Gasteiger charge is -2.13. The van der Waals surface area contributed by atoms with Crippen LogP contribution in [0.25, 0.3) is 0 Å². The summed E-state index contributed by atoms with van der Waals surface area (Å²) in [6.07, 6.45) is 2.72. The van der Waals surface area contributed by atoms with Gasteiger partial charge in [0.1, 0.15) is 4.21 Å². The van der Waals surface area contributed by atoms with E-state index >= 15 is 0 Å². The fraction of sp³-hybridized carbons (Fsp3) is 0.429. The van der Waals surface area contributed by atoms with Crippen LogP contribution in [0.15, 0.2) is 40.6 Å². The largest absolute Gasteiger partial charge is 0.347 e. The molecule has 1 aliphatic carbocycles. The first-order valence-corrected chi connectivity index (χ1v) is 12.4. The van der Waals surface area contributed by atoms with Gasteiger partial charge < -0.3 is 10.6 Å². The predicted octanol–water partition coefficient (Wildman–Crippen LogP) is 3.06. The summed E-state index contributed by atoms with van der Waals surface area (Å²) in [5.74, 6) is 0.314. The molecule has 2 amide bonds. The number of nitrogens with one attached hydrogen (secondary N) is 2. The maximum atomic E-state index is 12.6. The first-order valence-electron chi connectivity index (χ1n) is 10.1. The van der Waals surface area contributed by atoms with Crippen molar-refractivity contribution in [2.45, 2.75) is 36.9 Å². The van der Waals surface area contributed by atoms with Gasteiger partial charge in [0, 0.05) is 35.1 Å². The van der Waals surface area contributed by atoms with Crippen LogP contribution in [0.5, 0.6) is 0 Å². The van der Waals surface area contributed by atoms with Crippen molar-refractivity contribution < 1.29 is 18.0 Å². The van der Waals surface area contributed by atoms with Gasteiger partial charge in [0.15, 0.2) is 0 Å². The molecule has 9 heteroatoms. The minimum absolute atomic E-state index is 0.0251. The molecular formula is C21H25N3O4S2. The molecule has 1 saturated heterocycles. The molecular weight excluding hydrogens is 422 g/mol. The van der Waals surface area contributed by atoms with E-state index in [1.54, 1.807) is 36.4 Å². The van der Waals surface area contributed by atoms with E-state index in [1.807, 2.05) is 0 Å². The molecule has 0 spiro atoms. The summed E-state index contributed by atoms with van der Waals surface area (Å²) in [7, 11) is -3.42. The molecule has 2 heterocycles. The number of hydrogen-bond acceptors (Lipinski definition) is 5. The van der Waals surface area contributed by atoms with E-state index in [-0.39, 0.29) is 24.3 Å². The summed E-state index contributed by atoms with van der Waals surface area (Å²) < 4.78 is 27.0. The second kappa shape index (κ2) is 8.49. The Labute approximate surface area is 180 Å². The average Bonchev–Trinajstić information content (AvgIpc) is 3.15. The number of carbonyl (C=O) groups is 2. The molecule has 1 aromatic carbocycles. The van der Waals surface area contributed by atoms with Crippen LogP contribution in [0.3, 0.4) is 0 Å². The first-order chi connectivity index (χ1) is 14.3. The number of rotatable bonds is 7. The zero-order valence-electron chi connectivity index (χ0n) is 16.8. The van der Waals surface area contributed by atoms with Crippen molar-refractivity contribution in [3.05, 3.63) is 46.8 Å². The van der Waals surface area contributed by atoms with E-state index in [9.17, 15) is 18.0 Å².